The summed E-state index contributed by atoms with van der Waals surface area (Å²) in [6.07, 6.45) is 1.46. The Labute approximate surface area is 86.1 Å². The van der Waals surface area contributed by atoms with Gasteiger partial charge in [-0.1, -0.05) is 23.2 Å². The van der Waals surface area contributed by atoms with E-state index in [0.717, 1.165) is 0 Å². The number of carbonyl (C=O) groups excluding carboxylic acids is 1. The summed E-state index contributed by atoms with van der Waals surface area (Å²) in [4.78, 5) is 14.4. The molecule has 0 aliphatic heterocycles. The van der Waals surface area contributed by atoms with Crippen molar-refractivity contribution in [2.75, 3.05) is 0 Å². The summed E-state index contributed by atoms with van der Waals surface area (Å²) in [5, 5.41) is 3.47. The van der Waals surface area contributed by atoms with Gasteiger partial charge in [0.1, 0.15) is 5.15 Å². The predicted molar refractivity (Wildman–Crippen MR) is 51.8 cm³/mol. The molecule has 0 saturated carbocycles. The highest BCUT2D eigenvalue weighted by Gasteiger charge is 2.02. The summed E-state index contributed by atoms with van der Waals surface area (Å²) < 4.78 is 0. The number of pyridine rings is 1. The summed E-state index contributed by atoms with van der Waals surface area (Å²) in [6.45, 7) is 1.79. The second-order valence-corrected chi connectivity index (χ2v) is 3.31. The molecule has 1 heterocycles. The molecule has 0 fully saturated rings. The molecular formula is C8H8Cl2N2O. The lowest BCUT2D eigenvalue weighted by Gasteiger charge is -2.03. The number of halogens is 2. The van der Waals surface area contributed by atoms with Crippen LogP contribution in [0.1, 0.15) is 12.5 Å². The van der Waals surface area contributed by atoms with Crippen molar-refractivity contribution in [1.29, 1.82) is 0 Å². The molecule has 0 unspecified atom stereocenters. The molecular weight excluding hydrogens is 211 g/mol. The van der Waals surface area contributed by atoms with E-state index in [1.165, 1.54) is 13.1 Å². The molecule has 0 aliphatic carbocycles. The lowest BCUT2D eigenvalue weighted by molar-refractivity contribution is -0.119. The molecule has 0 atom stereocenters. The predicted octanol–water partition coefficient (Wildman–Crippen LogP) is 2.02. The van der Waals surface area contributed by atoms with Gasteiger partial charge in [0, 0.05) is 25.2 Å². The van der Waals surface area contributed by atoms with Crippen molar-refractivity contribution in [2.45, 2.75) is 13.5 Å². The number of nitrogens with one attached hydrogen (secondary N) is 1. The third-order valence-electron chi connectivity index (χ3n) is 1.41. The highest BCUT2D eigenvalue weighted by Crippen LogP contribution is 2.16. The van der Waals surface area contributed by atoms with Crippen LogP contribution in [0.3, 0.4) is 0 Å². The smallest absolute Gasteiger partial charge is 0.217 e. The number of aromatic nitrogens is 1. The fourth-order valence-corrected chi connectivity index (χ4v) is 1.16. The molecule has 1 amide bonds. The van der Waals surface area contributed by atoms with Crippen molar-refractivity contribution in [1.82, 2.24) is 10.3 Å². The summed E-state index contributed by atoms with van der Waals surface area (Å²) in [6, 6.07) is 1.67. The Balaban J connectivity index is 2.75. The molecule has 13 heavy (non-hydrogen) atoms. The first-order valence-electron chi connectivity index (χ1n) is 3.64. The minimum Gasteiger partial charge on any atom is -0.352 e. The summed E-state index contributed by atoms with van der Waals surface area (Å²) in [5.41, 5.74) is 0.712. The van der Waals surface area contributed by atoms with E-state index >= 15 is 0 Å². The number of carbonyl (C=O) groups is 1. The van der Waals surface area contributed by atoms with Crippen molar-refractivity contribution in [3.8, 4) is 0 Å². The van der Waals surface area contributed by atoms with Gasteiger partial charge >= 0.3 is 0 Å². The maximum absolute atomic E-state index is 10.6. The molecule has 3 nitrogen and oxygen atoms in total. The number of hydrogen-bond acceptors (Lipinski definition) is 2. The zero-order chi connectivity index (χ0) is 9.84. The van der Waals surface area contributed by atoms with Crippen LogP contribution in [0.15, 0.2) is 12.3 Å². The van der Waals surface area contributed by atoms with Gasteiger partial charge in [0.15, 0.2) is 0 Å². The van der Waals surface area contributed by atoms with Crippen LogP contribution >= 0.6 is 23.2 Å². The normalized spacial score (nSPS) is 9.77. The molecule has 5 heteroatoms. The number of amides is 1. The van der Waals surface area contributed by atoms with Crippen molar-refractivity contribution in [2.24, 2.45) is 0 Å². The molecule has 1 aromatic rings. The number of hydrogen-bond donors (Lipinski definition) is 1. The Bertz CT molecular complexity index is 328. The van der Waals surface area contributed by atoms with Gasteiger partial charge in [-0.05, 0) is 6.07 Å². The van der Waals surface area contributed by atoms with Crippen LogP contribution in [0.2, 0.25) is 10.2 Å². The molecule has 0 radical (unpaired) electrons. The Morgan fingerprint density at radius 3 is 2.92 bits per heavy atom. The standard InChI is InChI=1S/C8H8Cl2N2O/c1-5(13)11-3-6-2-7(9)4-12-8(6)10/h2,4H,3H2,1H3,(H,11,13). The highest BCUT2D eigenvalue weighted by atomic mass is 35.5. The topological polar surface area (TPSA) is 42.0 Å². The van der Waals surface area contributed by atoms with Gasteiger partial charge in [-0.2, -0.15) is 0 Å². The van der Waals surface area contributed by atoms with Crippen LogP contribution in [0.25, 0.3) is 0 Å². The monoisotopic (exact) mass is 218 g/mol. The zero-order valence-electron chi connectivity index (χ0n) is 6.97. The lowest BCUT2D eigenvalue weighted by Crippen LogP contribution is -2.19. The molecule has 1 rings (SSSR count). The second kappa shape index (κ2) is 4.44. The van der Waals surface area contributed by atoms with Gasteiger partial charge in [0.2, 0.25) is 5.91 Å². The van der Waals surface area contributed by atoms with Crippen LogP contribution in [-0.4, -0.2) is 10.9 Å². The Hall–Kier alpha value is -0.800. The highest BCUT2D eigenvalue weighted by molar-refractivity contribution is 6.32. The Kier molecular flexibility index (Phi) is 3.51. The fourth-order valence-electron chi connectivity index (χ4n) is 0.808. The Morgan fingerprint density at radius 1 is 1.62 bits per heavy atom. The van der Waals surface area contributed by atoms with Gasteiger partial charge in [-0.3, -0.25) is 4.79 Å². The first kappa shape index (κ1) is 10.3. The van der Waals surface area contributed by atoms with E-state index in [9.17, 15) is 4.79 Å². The molecule has 0 aromatic carbocycles. The molecule has 0 saturated heterocycles. The lowest BCUT2D eigenvalue weighted by atomic mass is 10.3. The van der Waals surface area contributed by atoms with Crippen LogP contribution < -0.4 is 5.32 Å². The van der Waals surface area contributed by atoms with E-state index in [-0.39, 0.29) is 5.91 Å². The van der Waals surface area contributed by atoms with E-state index in [0.29, 0.717) is 22.3 Å². The van der Waals surface area contributed by atoms with Crippen LogP contribution in [0.5, 0.6) is 0 Å². The third-order valence-corrected chi connectivity index (χ3v) is 1.95. The van der Waals surface area contributed by atoms with Crippen molar-refractivity contribution in [3.05, 3.63) is 28.0 Å². The third kappa shape index (κ3) is 3.20. The van der Waals surface area contributed by atoms with E-state index < -0.39 is 0 Å². The summed E-state index contributed by atoms with van der Waals surface area (Å²) in [5.74, 6) is -0.115. The average Bonchev–Trinajstić information content (AvgIpc) is 2.06. The summed E-state index contributed by atoms with van der Waals surface area (Å²) in [7, 11) is 0. The van der Waals surface area contributed by atoms with E-state index in [4.69, 9.17) is 23.2 Å². The van der Waals surface area contributed by atoms with Gasteiger partial charge in [-0.15, -0.1) is 0 Å². The van der Waals surface area contributed by atoms with Crippen molar-refractivity contribution in [3.63, 3.8) is 0 Å². The molecule has 0 bridgehead atoms. The number of nitrogens with zero attached hydrogens (tertiary/aromatic N) is 1. The maximum Gasteiger partial charge on any atom is 0.217 e. The van der Waals surface area contributed by atoms with Gasteiger partial charge in [0.25, 0.3) is 0 Å². The van der Waals surface area contributed by atoms with E-state index in [1.54, 1.807) is 6.07 Å². The largest absolute Gasteiger partial charge is 0.352 e. The van der Waals surface area contributed by atoms with Gasteiger partial charge in [0.05, 0.1) is 5.02 Å². The zero-order valence-corrected chi connectivity index (χ0v) is 8.49. The minimum atomic E-state index is -0.115. The SMILES string of the molecule is CC(=O)NCc1cc(Cl)cnc1Cl. The van der Waals surface area contributed by atoms with E-state index in [1.807, 2.05) is 0 Å². The minimum absolute atomic E-state index is 0.115. The maximum atomic E-state index is 10.6. The van der Waals surface area contributed by atoms with Crippen LogP contribution in [0, 0.1) is 0 Å². The second-order valence-electron chi connectivity index (χ2n) is 2.51. The van der Waals surface area contributed by atoms with Crippen molar-refractivity contribution < 1.29 is 4.79 Å². The molecule has 0 spiro atoms. The van der Waals surface area contributed by atoms with E-state index in [2.05, 4.69) is 10.3 Å². The molecule has 1 N–H and O–H groups in total. The quantitative estimate of drug-likeness (QED) is 0.773. The summed E-state index contributed by atoms with van der Waals surface area (Å²) >= 11 is 11.5. The first-order chi connectivity index (χ1) is 6.09. The van der Waals surface area contributed by atoms with Gasteiger partial charge in [-0.25, -0.2) is 4.98 Å². The van der Waals surface area contributed by atoms with Crippen LogP contribution in [0.4, 0.5) is 0 Å². The fraction of sp³-hybridized carbons (Fsp3) is 0.250. The average molecular weight is 219 g/mol. The molecule has 1 aromatic heterocycles. The van der Waals surface area contributed by atoms with Crippen molar-refractivity contribution >= 4 is 29.1 Å². The first-order valence-corrected chi connectivity index (χ1v) is 4.39. The Morgan fingerprint density at radius 2 is 2.31 bits per heavy atom. The number of rotatable bonds is 2. The molecule has 0 aliphatic rings. The molecule has 70 valence electrons. The van der Waals surface area contributed by atoms with Crippen LogP contribution in [-0.2, 0) is 11.3 Å². The van der Waals surface area contributed by atoms with Gasteiger partial charge < -0.3 is 5.32 Å².